The number of hydrogen-bond acceptors (Lipinski definition) is 4. The molecule has 0 aliphatic heterocycles. The third kappa shape index (κ3) is 6.43. The summed E-state index contributed by atoms with van der Waals surface area (Å²) in [6.45, 7) is 12.0. The first kappa shape index (κ1) is 19.7. The van der Waals surface area contributed by atoms with E-state index < -0.39 is 0 Å². The molecule has 0 bridgehead atoms. The molecule has 130 valence electrons. The molecule has 2 N–H and O–H groups in total. The number of rotatable bonds is 9. The largest absolute Gasteiger partial charge is 0.390 e. The van der Waals surface area contributed by atoms with Crippen LogP contribution < -0.4 is 10.6 Å². The van der Waals surface area contributed by atoms with Gasteiger partial charge in [-0.3, -0.25) is 4.79 Å². The molecule has 0 aromatic heterocycles. The highest BCUT2D eigenvalue weighted by atomic mass is 16.1. The van der Waals surface area contributed by atoms with Crippen molar-refractivity contribution in [2.75, 3.05) is 31.5 Å². The first-order valence-corrected chi connectivity index (χ1v) is 8.46. The average molecular weight is 328 g/mol. The van der Waals surface area contributed by atoms with Crippen LogP contribution in [0.2, 0.25) is 0 Å². The number of hydrogen-bond donors (Lipinski definition) is 2. The van der Waals surface area contributed by atoms with Crippen molar-refractivity contribution in [2.24, 2.45) is 0 Å². The van der Waals surface area contributed by atoms with Crippen molar-refractivity contribution in [1.29, 1.82) is 5.26 Å². The van der Waals surface area contributed by atoms with Crippen molar-refractivity contribution in [3.05, 3.63) is 41.1 Å². The van der Waals surface area contributed by atoms with E-state index in [4.69, 9.17) is 0 Å². The van der Waals surface area contributed by atoms with Crippen LogP contribution in [0.5, 0.6) is 0 Å². The summed E-state index contributed by atoms with van der Waals surface area (Å²) in [6, 6.07) is 7.74. The van der Waals surface area contributed by atoms with Crippen LogP contribution in [-0.4, -0.2) is 37.0 Å². The van der Waals surface area contributed by atoms with E-state index in [-0.39, 0.29) is 11.5 Å². The van der Waals surface area contributed by atoms with Crippen LogP contribution in [0.3, 0.4) is 0 Å². The topological polar surface area (TPSA) is 68.2 Å². The summed E-state index contributed by atoms with van der Waals surface area (Å²) < 4.78 is 0. The van der Waals surface area contributed by atoms with Crippen LogP contribution >= 0.6 is 0 Å². The van der Waals surface area contributed by atoms with E-state index in [9.17, 15) is 10.1 Å². The fourth-order valence-electron chi connectivity index (χ4n) is 2.41. The Labute approximate surface area is 145 Å². The number of amides is 1. The molecule has 0 saturated carbocycles. The van der Waals surface area contributed by atoms with Gasteiger partial charge in [-0.2, -0.15) is 5.26 Å². The summed E-state index contributed by atoms with van der Waals surface area (Å²) in [4.78, 5) is 14.5. The molecular weight excluding hydrogens is 300 g/mol. The predicted molar refractivity (Wildman–Crippen MR) is 98.6 cm³/mol. The molecule has 0 aliphatic rings. The third-order valence-electron chi connectivity index (χ3n) is 3.93. The second-order valence-electron chi connectivity index (χ2n) is 5.78. The monoisotopic (exact) mass is 328 g/mol. The van der Waals surface area contributed by atoms with Gasteiger partial charge in [0.25, 0.3) is 5.91 Å². The Kier molecular flexibility index (Phi) is 8.59. The Morgan fingerprint density at radius 3 is 2.58 bits per heavy atom. The predicted octanol–water partition coefficient (Wildman–Crippen LogP) is 2.97. The zero-order valence-electron chi connectivity index (χ0n) is 15.1. The van der Waals surface area contributed by atoms with Gasteiger partial charge in [-0.05, 0) is 51.5 Å². The van der Waals surface area contributed by atoms with Crippen molar-refractivity contribution in [2.45, 2.75) is 34.1 Å². The molecule has 0 spiro atoms. The van der Waals surface area contributed by atoms with E-state index >= 15 is 0 Å². The molecule has 0 heterocycles. The van der Waals surface area contributed by atoms with Crippen LogP contribution in [0.25, 0.3) is 0 Å². The number of nitriles is 1. The minimum Gasteiger partial charge on any atom is -0.390 e. The SMILES string of the molecule is CCN(CC)CCCN/C=C(/C#N)C(=O)Nc1ccc(C)cc1C. The Morgan fingerprint density at radius 2 is 2.00 bits per heavy atom. The molecule has 24 heavy (non-hydrogen) atoms. The van der Waals surface area contributed by atoms with Gasteiger partial charge < -0.3 is 15.5 Å². The number of benzene rings is 1. The molecule has 0 fully saturated rings. The molecule has 1 aromatic rings. The smallest absolute Gasteiger partial charge is 0.267 e. The second-order valence-corrected chi connectivity index (χ2v) is 5.78. The molecule has 0 radical (unpaired) electrons. The maximum Gasteiger partial charge on any atom is 0.267 e. The number of aryl methyl sites for hydroxylation is 2. The quantitative estimate of drug-likeness (QED) is 0.415. The minimum absolute atomic E-state index is 0.0813. The second kappa shape index (κ2) is 10.5. The van der Waals surface area contributed by atoms with Gasteiger partial charge in [0.2, 0.25) is 0 Å². The molecule has 0 unspecified atom stereocenters. The Morgan fingerprint density at radius 1 is 1.29 bits per heavy atom. The van der Waals surface area contributed by atoms with Gasteiger partial charge in [-0.25, -0.2) is 0 Å². The lowest BCUT2D eigenvalue weighted by atomic mass is 10.1. The standard InChI is InChI=1S/C19H28N4O/c1-5-23(6-2)11-7-10-21-14-17(13-20)19(24)22-18-9-8-15(3)12-16(18)4/h8-9,12,14,21H,5-7,10-11H2,1-4H3,(H,22,24)/b17-14-. The summed E-state index contributed by atoms with van der Waals surface area (Å²) in [5, 5.41) is 15.0. The minimum atomic E-state index is -0.388. The average Bonchev–Trinajstić information content (AvgIpc) is 2.57. The highest BCUT2D eigenvalue weighted by Gasteiger charge is 2.10. The lowest BCUT2D eigenvalue weighted by Gasteiger charge is -2.17. The number of anilines is 1. The van der Waals surface area contributed by atoms with E-state index in [0.717, 1.165) is 49.4 Å². The maximum atomic E-state index is 12.2. The molecule has 0 atom stereocenters. The van der Waals surface area contributed by atoms with Crippen molar-refractivity contribution >= 4 is 11.6 Å². The first-order valence-electron chi connectivity index (χ1n) is 8.46. The van der Waals surface area contributed by atoms with Gasteiger partial charge in [0.05, 0.1) is 0 Å². The van der Waals surface area contributed by atoms with E-state index in [2.05, 4.69) is 29.4 Å². The van der Waals surface area contributed by atoms with Crippen molar-refractivity contribution in [3.63, 3.8) is 0 Å². The van der Waals surface area contributed by atoms with E-state index in [0.29, 0.717) is 0 Å². The lowest BCUT2D eigenvalue weighted by molar-refractivity contribution is -0.112. The molecule has 5 nitrogen and oxygen atoms in total. The number of carbonyl (C=O) groups excluding carboxylic acids is 1. The molecule has 1 aromatic carbocycles. The van der Waals surface area contributed by atoms with Crippen molar-refractivity contribution in [3.8, 4) is 6.07 Å². The van der Waals surface area contributed by atoms with E-state index in [1.165, 1.54) is 6.20 Å². The van der Waals surface area contributed by atoms with Crippen molar-refractivity contribution < 1.29 is 4.79 Å². The van der Waals surface area contributed by atoms with Crippen LogP contribution in [-0.2, 0) is 4.79 Å². The Balaban J connectivity index is 2.52. The lowest BCUT2D eigenvalue weighted by Crippen LogP contribution is -2.26. The fourth-order valence-corrected chi connectivity index (χ4v) is 2.41. The van der Waals surface area contributed by atoms with Gasteiger partial charge in [0.15, 0.2) is 0 Å². The highest BCUT2D eigenvalue weighted by molar-refractivity contribution is 6.06. The summed E-state index contributed by atoms with van der Waals surface area (Å²) >= 11 is 0. The normalized spacial score (nSPS) is 11.2. The molecule has 0 saturated heterocycles. The fraction of sp³-hybridized carbons (Fsp3) is 0.474. The molecular formula is C19H28N4O. The Bertz CT molecular complexity index is 612. The number of nitrogens with one attached hydrogen (secondary N) is 2. The van der Waals surface area contributed by atoms with Gasteiger partial charge in [-0.1, -0.05) is 31.5 Å². The van der Waals surface area contributed by atoms with Crippen LogP contribution in [0.4, 0.5) is 5.69 Å². The van der Waals surface area contributed by atoms with Gasteiger partial charge in [0.1, 0.15) is 11.6 Å². The third-order valence-corrected chi connectivity index (χ3v) is 3.93. The van der Waals surface area contributed by atoms with Crippen molar-refractivity contribution in [1.82, 2.24) is 10.2 Å². The van der Waals surface area contributed by atoms with Crippen LogP contribution in [0.1, 0.15) is 31.4 Å². The molecule has 5 heteroatoms. The maximum absolute atomic E-state index is 12.2. The molecule has 0 aliphatic carbocycles. The first-order chi connectivity index (χ1) is 11.5. The number of carbonyl (C=O) groups is 1. The van der Waals surface area contributed by atoms with E-state index in [1.807, 2.05) is 38.1 Å². The van der Waals surface area contributed by atoms with Gasteiger partial charge in [-0.15, -0.1) is 0 Å². The Hall–Kier alpha value is -2.32. The highest BCUT2D eigenvalue weighted by Crippen LogP contribution is 2.16. The molecule has 1 amide bonds. The van der Waals surface area contributed by atoms with Gasteiger partial charge >= 0.3 is 0 Å². The summed E-state index contributed by atoms with van der Waals surface area (Å²) in [5.74, 6) is -0.388. The summed E-state index contributed by atoms with van der Waals surface area (Å²) in [6.07, 6.45) is 2.47. The molecule has 1 rings (SSSR count). The number of nitrogens with zero attached hydrogens (tertiary/aromatic N) is 2. The zero-order valence-corrected chi connectivity index (χ0v) is 15.1. The van der Waals surface area contributed by atoms with Crippen LogP contribution in [0.15, 0.2) is 30.0 Å². The van der Waals surface area contributed by atoms with E-state index in [1.54, 1.807) is 0 Å². The van der Waals surface area contributed by atoms with Gasteiger partial charge in [0, 0.05) is 18.4 Å². The zero-order chi connectivity index (χ0) is 17.9. The van der Waals surface area contributed by atoms with Crippen LogP contribution in [0, 0.1) is 25.2 Å². The summed E-state index contributed by atoms with van der Waals surface area (Å²) in [5.41, 5.74) is 2.93. The summed E-state index contributed by atoms with van der Waals surface area (Å²) in [7, 11) is 0.